The summed E-state index contributed by atoms with van der Waals surface area (Å²) in [4.78, 5) is 51.4. The van der Waals surface area contributed by atoms with Crippen LogP contribution in [-0.4, -0.2) is 85.2 Å². The Hall–Kier alpha value is -7.82. The molecule has 2 aromatic carbocycles. The van der Waals surface area contributed by atoms with Gasteiger partial charge in [0.25, 0.3) is 5.91 Å². The lowest BCUT2D eigenvalue weighted by molar-refractivity contribution is -0.192. The summed E-state index contributed by atoms with van der Waals surface area (Å²) in [6.07, 6.45) is 14.4. The smallest absolute Gasteiger partial charge is 0.478 e. The van der Waals surface area contributed by atoms with Crippen LogP contribution >= 0.6 is 0 Å². The molecule has 73 heavy (non-hydrogen) atoms. The molecule has 0 spiro atoms. The molecule has 0 aliphatic carbocycles. The molecule has 2 fully saturated rings. The quantitative estimate of drug-likeness (QED) is 0.105. The third-order valence-corrected chi connectivity index (χ3v) is 12.2. The zero-order valence-corrected chi connectivity index (χ0v) is 38.6. The maximum atomic E-state index is 13.3. The van der Waals surface area contributed by atoms with Gasteiger partial charge in [-0.05, 0) is 137 Å². The lowest BCUT2D eigenvalue weighted by atomic mass is 9.75. The van der Waals surface area contributed by atoms with Crippen molar-refractivity contribution in [2.45, 2.75) is 92.7 Å². The van der Waals surface area contributed by atoms with E-state index in [1.165, 1.54) is 17.2 Å². The molecule has 13 nitrogen and oxygen atoms in total. The minimum atomic E-state index is -5.08. The Labute approximate surface area is 427 Å². The second kappa shape index (κ2) is 30.8. The summed E-state index contributed by atoms with van der Waals surface area (Å²) in [5.41, 5.74) is 5.87. The number of likely N-dealkylation sites (tertiary alicyclic amines) is 1. The molecule has 2 aliphatic rings. The first-order valence-corrected chi connectivity index (χ1v) is 22.9. The number of carboxylic acids is 2. The molecule has 2 saturated heterocycles. The number of hydrogen-bond donors (Lipinski definition) is 3. The lowest BCUT2D eigenvalue weighted by Crippen LogP contribution is -2.43. The van der Waals surface area contributed by atoms with Crippen molar-refractivity contribution in [1.82, 2.24) is 30.2 Å². The molecular formula is C57H67F3N8O5. The Balaban J connectivity index is 0.000000369. The first kappa shape index (κ1) is 61.3. The highest BCUT2D eigenvalue weighted by Gasteiger charge is 2.38. The van der Waals surface area contributed by atoms with E-state index in [1.807, 2.05) is 35.2 Å². The van der Waals surface area contributed by atoms with E-state index >= 15 is 0 Å². The molecule has 0 unspecified atom stereocenters. The normalized spacial score (nSPS) is 13.9. The number of halogens is 3. The highest BCUT2D eigenvalue weighted by atomic mass is 19.4. The first-order chi connectivity index (χ1) is 33.8. The second-order valence-electron chi connectivity index (χ2n) is 16.9. The maximum Gasteiger partial charge on any atom is 0.490 e. The molecule has 0 radical (unpaired) electrons. The zero-order valence-electron chi connectivity index (χ0n) is 38.6. The van der Waals surface area contributed by atoms with Crippen LogP contribution in [0.2, 0.25) is 0 Å². The van der Waals surface area contributed by atoms with Crippen molar-refractivity contribution in [2.24, 2.45) is 10.8 Å². The molecule has 0 atom stereocenters. The van der Waals surface area contributed by atoms with Gasteiger partial charge in [0.05, 0.1) is 45.5 Å². The molecule has 0 saturated carbocycles. The average molecular weight is 1000 g/mol. The van der Waals surface area contributed by atoms with Crippen LogP contribution in [0.3, 0.4) is 0 Å². The molecule has 6 heterocycles. The number of amides is 1. The van der Waals surface area contributed by atoms with Gasteiger partial charge in [0.1, 0.15) is 0 Å². The summed E-state index contributed by atoms with van der Waals surface area (Å²) < 4.78 is 31.7. The van der Waals surface area contributed by atoms with Crippen molar-refractivity contribution in [1.29, 1.82) is 10.5 Å². The highest BCUT2D eigenvalue weighted by Crippen LogP contribution is 2.37. The van der Waals surface area contributed by atoms with Crippen LogP contribution < -0.4 is 5.32 Å². The number of carboxylic acid groups (broad SMARTS) is 2. The summed E-state index contributed by atoms with van der Waals surface area (Å²) in [5, 5.41) is 38.7. The Morgan fingerprint density at radius 2 is 0.986 bits per heavy atom. The van der Waals surface area contributed by atoms with Crippen molar-refractivity contribution in [3.8, 4) is 34.7 Å². The van der Waals surface area contributed by atoms with Crippen molar-refractivity contribution < 1.29 is 37.8 Å². The molecule has 3 N–H and O–H groups in total. The molecule has 2 aliphatic heterocycles. The van der Waals surface area contributed by atoms with Crippen LogP contribution in [0.15, 0.2) is 146 Å². The number of aryl methyl sites for hydroxylation is 2. The van der Waals surface area contributed by atoms with Gasteiger partial charge in [-0.2, -0.15) is 23.7 Å². The Morgan fingerprint density at radius 1 is 0.589 bits per heavy atom. The summed E-state index contributed by atoms with van der Waals surface area (Å²) in [7, 11) is 0. The standard InChI is InChI=1S/C26H26N4O.C15H20N2.C11H8N2O2.C2HF3O2.3CH4/c27-20-26(12-4-8-21-6-2-1-3-7-21)13-18-30(19-14-26)25(31)23-9-5-15-29-24(23)22-10-16-28-17-11-22;16-13-15(9-11-17-12-10-15)8-4-7-14-5-2-1-3-6-14;14-11(15)9-2-1-5-13-10(9)8-3-6-12-7-4-8;3-2(4,5)1(6)7;;;/h1-3,5-7,9-11,15-17H,4,8,12-14,18-19H2;1-3,5-6,17H,4,7-12H2;1-7H,(H,14,15);(H,6,7);3*1H4. The zero-order chi connectivity index (χ0) is 50.2. The number of aromatic nitrogens is 4. The first-order valence-electron chi connectivity index (χ1n) is 22.9. The largest absolute Gasteiger partial charge is 0.490 e. The van der Waals surface area contributed by atoms with Crippen LogP contribution in [0, 0.1) is 33.5 Å². The number of pyridine rings is 4. The summed E-state index contributed by atoms with van der Waals surface area (Å²) in [6.45, 7) is 3.20. The van der Waals surface area contributed by atoms with E-state index in [0.29, 0.717) is 30.0 Å². The van der Waals surface area contributed by atoms with Crippen molar-refractivity contribution >= 4 is 17.8 Å². The number of nitrogens with zero attached hydrogens (tertiary/aromatic N) is 7. The average Bonchev–Trinajstić information content (AvgIpc) is 3.40. The molecule has 1 amide bonds. The Morgan fingerprint density at radius 3 is 1.38 bits per heavy atom. The van der Waals surface area contributed by atoms with E-state index in [2.05, 4.69) is 85.9 Å². The van der Waals surface area contributed by atoms with Crippen LogP contribution in [0.1, 0.15) is 105 Å². The minimum absolute atomic E-state index is 0. The monoisotopic (exact) mass is 1000 g/mol. The summed E-state index contributed by atoms with van der Waals surface area (Å²) >= 11 is 0. The molecule has 8 rings (SSSR count). The third kappa shape index (κ3) is 19.0. The van der Waals surface area contributed by atoms with Gasteiger partial charge in [-0.3, -0.25) is 24.7 Å². The van der Waals surface area contributed by atoms with Gasteiger partial charge in [-0.15, -0.1) is 0 Å². The topological polar surface area (TPSA) is 206 Å². The van der Waals surface area contributed by atoms with Gasteiger partial charge in [-0.1, -0.05) is 82.9 Å². The SMILES string of the molecule is C.C.C.N#CC1(CCCc2ccccc2)CCN(C(=O)c2cccnc2-c2ccncc2)CC1.N#CC1(CCCc2ccccc2)CCNCC1.O=C(O)C(F)(F)F.O=C(O)c1cccnc1-c1ccncc1. The Kier molecular flexibility index (Phi) is 25.9. The van der Waals surface area contributed by atoms with Gasteiger partial charge < -0.3 is 20.4 Å². The predicted octanol–water partition coefficient (Wildman–Crippen LogP) is 12.2. The Bertz CT molecular complexity index is 2650. The fraction of sp³-hybridized carbons (Fsp3) is 0.351. The number of hydrogen-bond acceptors (Lipinski definition) is 10. The number of piperidine rings is 2. The number of alkyl halides is 3. The maximum absolute atomic E-state index is 13.3. The van der Waals surface area contributed by atoms with Gasteiger partial charge in [0.2, 0.25) is 0 Å². The third-order valence-electron chi connectivity index (χ3n) is 12.2. The fourth-order valence-corrected chi connectivity index (χ4v) is 8.24. The molecule has 0 bridgehead atoms. The van der Waals surface area contributed by atoms with E-state index in [9.17, 15) is 33.3 Å². The minimum Gasteiger partial charge on any atom is -0.478 e. The summed E-state index contributed by atoms with van der Waals surface area (Å²) in [6, 6.07) is 40.1. The van der Waals surface area contributed by atoms with Crippen molar-refractivity contribution in [3.05, 3.63) is 169 Å². The van der Waals surface area contributed by atoms with Gasteiger partial charge in [-0.25, -0.2) is 9.59 Å². The number of carbonyl (C=O) groups excluding carboxylic acids is 1. The lowest BCUT2D eigenvalue weighted by Gasteiger charge is -2.37. The van der Waals surface area contributed by atoms with Gasteiger partial charge >= 0.3 is 18.1 Å². The number of aromatic carboxylic acids is 1. The van der Waals surface area contributed by atoms with Crippen molar-refractivity contribution in [3.63, 3.8) is 0 Å². The van der Waals surface area contributed by atoms with E-state index in [0.717, 1.165) is 88.4 Å². The molecular weight excluding hydrogens is 934 g/mol. The van der Waals surface area contributed by atoms with E-state index in [1.54, 1.807) is 61.4 Å². The van der Waals surface area contributed by atoms with Crippen LogP contribution in [0.4, 0.5) is 13.2 Å². The second-order valence-corrected chi connectivity index (χ2v) is 16.9. The van der Waals surface area contributed by atoms with Gasteiger partial charge in [0.15, 0.2) is 0 Å². The predicted molar refractivity (Wildman–Crippen MR) is 278 cm³/mol. The van der Waals surface area contributed by atoms with E-state index < -0.39 is 18.1 Å². The number of aliphatic carboxylic acids is 1. The van der Waals surface area contributed by atoms with Crippen LogP contribution in [0.5, 0.6) is 0 Å². The van der Waals surface area contributed by atoms with Crippen LogP contribution in [-0.2, 0) is 17.6 Å². The molecule has 4 aromatic heterocycles. The van der Waals surface area contributed by atoms with Crippen molar-refractivity contribution in [2.75, 3.05) is 26.2 Å². The molecule has 16 heteroatoms. The van der Waals surface area contributed by atoms with Crippen LogP contribution in [0.25, 0.3) is 22.5 Å². The van der Waals surface area contributed by atoms with Gasteiger partial charge in [0, 0.05) is 61.4 Å². The number of rotatable bonds is 12. The number of nitriles is 2. The number of nitrogens with one attached hydrogen (secondary N) is 1. The molecule has 6 aromatic rings. The highest BCUT2D eigenvalue weighted by molar-refractivity contribution is 6.00. The fourth-order valence-electron chi connectivity index (χ4n) is 8.24. The number of carbonyl (C=O) groups is 3. The number of benzene rings is 2. The van der Waals surface area contributed by atoms with E-state index in [4.69, 9.17) is 15.0 Å². The van der Waals surface area contributed by atoms with E-state index in [-0.39, 0.29) is 44.6 Å². The molecule has 386 valence electrons. The summed E-state index contributed by atoms with van der Waals surface area (Å²) in [5.74, 6) is -3.75.